The van der Waals surface area contributed by atoms with Crippen LogP contribution >= 0.6 is 0 Å². The number of H-pyrrole nitrogens is 1. The van der Waals surface area contributed by atoms with E-state index in [0.717, 1.165) is 42.3 Å². The largest absolute Gasteiger partial charge is 0.345 e. The molecule has 0 radical (unpaired) electrons. The van der Waals surface area contributed by atoms with Gasteiger partial charge < -0.3 is 9.51 Å². The molecular weight excluding hydrogens is 290 g/mol. The number of aromatic amines is 1. The van der Waals surface area contributed by atoms with Crippen LogP contribution in [0.25, 0.3) is 11.5 Å². The standard InChI is InChI=1S/C17H19N5O/c1-11-5-3-4-6-13(11)17-20-16(21-23-17)10-22-8-7-14-15(9-22)19-12(2)18-14/h3-6H,7-10H2,1-2H3,(H,18,19). The molecule has 1 aliphatic heterocycles. The first-order valence-corrected chi connectivity index (χ1v) is 7.84. The van der Waals surface area contributed by atoms with Crippen LogP contribution in [0.2, 0.25) is 0 Å². The Balaban J connectivity index is 1.50. The molecule has 0 bridgehead atoms. The van der Waals surface area contributed by atoms with E-state index >= 15 is 0 Å². The molecule has 2 aromatic heterocycles. The van der Waals surface area contributed by atoms with E-state index in [0.29, 0.717) is 12.4 Å². The molecule has 4 rings (SSSR count). The van der Waals surface area contributed by atoms with Gasteiger partial charge in [-0.05, 0) is 25.5 Å². The summed E-state index contributed by atoms with van der Waals surface area (Å²) in [5, 5.41) is 4.14. The number of aromatic nitrogens is 4. The molecule has 0 atom stereocenters. The van der Waals surface area contributed by atoms with Crippen LogP contribution in [-0.4, -0.2) is 31.6 Å². The fourth-order valence-electron chi connectivity index (χ4n) is 3.07. The lowest BCUT2D eigenvalue weighted by Crippen LogP contribution is -2.30. The topological polar surface area (TPSA) is 70.8 Å². The summed E-state index contributed by atoms with van der Waals surface area (Å²) in [4.78, 5) is 14.7. The van der Waals surface area contributed by atoms with E-state index in [1.54, 1.807) is 0 Å². The third-order valence-electron chi connectivity index (χ3n) is 4.24. The normalized spacial score (nSPS) is 14.9. The van der Waals surface area contributed by atoms with Gasteiger partial charge >= 0.3 is 0 Å². The summed E-state index contributed by atoms with van der Waals surface area (Å²) in [7, 11) is 0. The third kappa shape index (κ3) is 2.77. The van der Waals surface area contributed by atoms with Gasteiger partial charge in [0.25, 0.3) is 5.89 Å². The van der Waals surface area contributed by atoms with Gasteiger partial charge in [0, 0.05) is 25.1 Å². The Morgan fingerprint density at radius 2 is 2.09 bits per heavy atom. The number of fused-ring (bicyclic) bond motifs is 1. The van der Waals surface area contributed by atoms with Gasteiger partial charge in [0.1, 0.15) is 5.82 Å². The summed E-state index contributed by atoms with van der Waals surface area (Å²) in [6, 6.07) is 8.05. The van der Waals surface area contributed by atoms with Crippen LogP contribution in [0.5, 0.6) is 0 Å². The highest BCUT2D eigenvalue weighted by molar-refractivity contribution is 5.57. The van der Waals surface area contributed by atoms with Crippen LogP contribution in [-0.2, 0) is 19.5 Å². The maximum absolute atomic E-state index is 5.44. The molecule has 1 aliphatic rings. The highest BCUT2D eigenvalue weighted by Crippen LogP contribution is 2.22. The number of aryl methyl sites for hydroxylation is 2. The zero-order valence-electron chi connectivity index (χ0n) is 13.3. The second-order valence-corrected chi connectivity index (χ2v) is 6.04. The molecule has 0 unspecified atom stereocenters. The maximum Gasteiger partial charge on any atom is 0.258 e. The van der Waals surface area contributed by atoms with Gasteiger partial charge in [0.2, 0.25) is 0 Å². The molecule has 118 valence electrons. The van der Waals surface area contributed by atoms with Crippen molar-refractivity contribution in [3.63, 3.8) is 0 Å². The van der Waals surface area contributed by atoms with Gasteiger partial charge in [-0.1, -0.05) is 23.4 Å². The van der Waals surface area contributed by atoms with E-state index in [1.807, 2.05) is 38.1 Å². The van der Waals surface area contributed by atoms with Crippen LogP contribution in [0, 0.1) is 13.8 Å². The van der Waals surface area contributed by atoms with Crippen molar-refractivity contribution in [2.75, 3.05) is 6.54 Å². The summed E-state index contributed by atoms with van der Waals surface area (Å²) in [5.74, 6) is 2.30. The van der Waals surface area contributed by atoms with Gasteiger partial charge in [-0.2, -0.15) is 4.98 Å². The smallest absolute Gasteiger partial charge is 0.258 e. The van der Waals surface area contributed by atoms with Crippen LogP contribution in [0.3, 0.4) is 0 Å². The molecule has 0 amide bonds. The molecular formula is C17H19N5O. The first-order valence-electron chi connectivity index (χ1n) is 7.84. The lowest BCUT2D eigenvalue weighted by atomic mass is 10.1. The van der Waals surface area contributed by atoms with Gasteiger partial charge in [0.05, 0.1) is 17.9 Å². The molecule has 3 heterocycles. The number of hydrogen-bond acceptors (Lipinski definition) is 5. The Hall–Kier alpha value is -2.47. The van der Waals surface area contributed by atoms with Crippen molar-refractivity contribution < 1.29 is 4.52 Å². The predicted molar refractivity (Wildman–Crippen MR) is 85.6 cm³/mol. The molecule has 0 saturated carbocycles. The summed E-state index contributed by atoms with van der Waals surface area (Å²) in [6.07, 6.45) is 0.960. The van der Waals surface area contributed by atoms with Crippen molar-refractivity contribution in [3.05, 3.63) is 52.9 Å². The molecule has 3 aromatic rings. The number of benzene rings is 1. The van der Waals surface area contributed by atoms with E-state index < -0.39 is 0 Å². The van der Waals surface area contributed by atoms with Crippen LogP contribution in [0.1, 0.15) is 28.6 Å². The van der Waals surface area contributed by atoms with Gasteiger partial charge in [0.15, 0.2) is 5.82 Å². The first-order chi connectivity index (χ1) is 11.2. The zero-order valence-corrected chi connectivity index (χ0v) is 13.3. The molecule has 0 spiro atoms. The summed E-state index contributed by atoms with van der Waals surface area (Å²) < 4.78 is 5.44. The van der Waals surface area contributed by atoms with Gasteiger partial charge in [-0.25, -0.2) is 4.98 Å². The Morgan fingerprint density at radius 3 is 2.96 bits per heavy atom. The van der Waals surface area contributed by atoms with E-state index in [9.17, 15) is 0 Å². The van der Waals surface area contributed by atoms with E-state index in [2.05, 4.69) is 25.0 Å². The zero-order chi connectivity index (χ0) is 15.8. The third-order valence-corrected chi connectivity index (χ3v) is 4.24. The monoisotopic (exact) mass is 309 g/mol. The lowest BCUT2D eigenvalue weighted by Gasteiger charge is -2.24. The highest BCUT2D eigenvalue weighted by Gasteiger charge is 2.21. The Kier molecular flexibility index (Phi) is 3.46. The summed E-state index contributed by atoms with van der Waals surface area (Å²) in [6.45, 7) is 6.55. The van der Waals surface area contributed by atoms with Crippen molar-refractivity contribution in [1.29, 1.82) is 0 Å². The Labute approximate surface area is 134 Å². The van der Waals surface area contributed by atoms with Crippen molar-refractivity contribution in [1.82, 2.24) is 25.0 Å². The molecule has 0 saturated heterocycles. The number of hydrogen-bond donors (Lipinski definition) is 1. The average Bonchev–Trinajstić information content (AvgIpc) is 3.13. The molecule has 6 heteroatoms. The van der Waals surface area contributed by atoms with Crippen molar-refractivity contribution in [2.24, 2.45) is 0 Å². The quantitative estimate of drug-likeness (QED) is 0.805. The van der Waals surface area contributed by atoms with E-state index in [-0.39, 0.29) is 0 Å². The van der Waals surface area contributed by atoms with E-state index in [4.69, 9.17) is 4.52 Å². The molecule has 0 fully saturated rings. The van der Waals surface area contributed by atoms with Gasteiger partial charge in [-0.3, -0.25) is 4.90 Å². The summed E-state index contributed by atoms with van der Waals surface area (Å²) in [5.41, 5.74) is 4.53. The van der Waals surface area contributed by atoms with Crippen LogP contribution in [0.4, 0.5) is 0 Å². The van der Waals surface area contributed by atoms with Crippen LogP contribution in [0.15, 0.2) is 28.8 Å². The molecule has 1 aromatic carbocycles. The van der Waals surface area contributed by atoms with Crippen molar-refractivity contribution in [3.8, 4) is 11.5 Å². The molecule has 0 aliphatic carbocycles. The minimum atomic E-state index is 0.591. The number of nitrogens with one attached hydrogen (secondary N) is 1. The minimum absolute atomic E-state index is 0.591. The van der Waals surface area contributed by atoms with Crippen molar-refractivity contribution >= 4 is 0 Å². The maximum atomic E-state index is 5.44. The molecule has 6 nitrogen and oxygen atoms in total. The van der Waals surface area contributed by atoms with E-state index in [1.165, 1.54) is 11.4 Å². The number of rotatable bonds is 3. The van der Waals surface area contributed by atoms with Crippen molar-refractivity contribution in [2.45, 2.75) is 33.4 Å². The summed E-state index contributed by atoms with van der Waals surface area (Å²) >= 11 is 0. The molecule has 1 N–H and O–H groups in total. The fourth-order valence-corrected chi connectivity index (χ4v) is 3.07. The SMILES string of the molecule is Cc1nc2c([nH]1)CN(Cc1noc(-c3ccccc3C)n1)CC2. The minimum Gasteiger partial charge on any atom is -0.345 e. The second-order valence-electron chi connectivity index (χ2n) is 6.04. The average molecular weight is 309 g/mol. The Bertz CT molecular complexity index is 835. The lowest BCUT2D eigenvalue weighted by molar-refractivity contribution is 0.232. The molecule has 23 heavy (non-hydrogen) atoms. The predicted octanol–water partition coefficient (Wildman–Crippen LogP) is 2.63. The number of nitrogens with zero attached hydrogens (tertiary/aromatic N) is 4. The Morgan fingerprint density at radius 1 is 1.22 bits per heavy atom. The van der Waals surface area contributed by atoms with Crippen LogP contribution < -0.4 is 0 Å². The second kappa shape index (κ2) is 5.62. The first kappa shape index (κ1) is 14.1. The number of imidazole rings is 1. The van der Waals surface area contributed by atoms with Gasteiger partial charge in [-0.15, -0.1) is 0 Å². The fraction of sp³-hybridized carbons (Fsp3) is 0.353. The highest BCUT2D eigenvalue weighted by atomic mass is 16.5.